The second-order valence-corrected chi connectivity index (χ2v) is 5.24. The fourth-order valence-corrected chi connectivity index (χ4v) is 2.36. The van der Waals surface area contributed by atoms with E-state index in [2.05, 4.69) is 25.7 Å². The van der Waals surface area contributed by atoms with E-state index < -0.39 is 0 Å². The lowest BCUT2D eigenvalue weighted by molar-refractivity contribution is -0.115. The molecule has 2 heterocycles. The van der Waals surface area contributed by atoms with Crippen LogP contribution >= 0.6 is 0 Å². The number of methoxy groups -OCH3 is 1. The highest BCUT2D eigenvalue weighted by Crippen LogP contribution is 2.27. The van der Waals surface area contributed by atoms with Crippen molar-refractivity contribution >= 4 is 11.9 Å². The highest BCUT2D eigenvalue weighted by molar-refractivity contribution is 5.91. The zero-order chi connectivity index (χ0) is 17.1. The number of hydrogen-bond acceptors (Lipinski definition) is 6. The molecule has 0 unspecified atom stereocenters. The smallest absolute Gasteiger partial charge is 0.249 e. The fourth-order valence-electron chi connectivity index (χ4n) is 2.36. The van der Waals surface area contributed by atoms with E-state index in [0.29, 0.717) is 23.0 Å². The van der Waals surface area contributed by atoms with Gasteiger partial charge >= 0.3 is 0 Å². The Morgan fingerprint density at radius 1 is 1.33 bits per heavy atom. The van der Waals surface area contributed by atoms with Gasteiger partial charge in [-0.25, -0.2) is 0 Å². The molecule has 0 bridgehead atoms. The van der Waals surface area contributed by atoms with Crippen LogP contribution in [0.2, 0.25) is 0 Å². The lowest BCUT2D eigenvalue weighted by Crippen LogP contribution is -2.16. The molecule has 2 aromatic heterocycles. The summed E-state index contributed by atoms with van der Waals surface area (Å²) in [5.74, 6) is 1.78. The highest BCUT2D eigenvalue weighted by atomic mass is 16.5. The quantitative estimate of drug-likeness (QED) is 0.744. The number of ether oxygens (including phenoxy) is 1. The standard InChI is InChI=1S/C16H17N5O3/c1-9-12(10(2)24-21-9)8-14(22)17-16-18-15(19-20-16)11-6-4-5-7-13(11)23-3/h4-7H,8H2,1-3H3,(H2,17,18,19,20,22). The number of aryl methyl sites for hydroxylation is 2. The van der Waals surface area contributed by atoms with Gasteiger partial charge in [-0.2, -0.15) is 4.98 Å². The van der Waals surface area contributed by atoms with E-state index in [1.54, 1.807) is 21.0 Å². The summed E-state index contributed by atoms with van der Waals surface area (Å²) >= 11 is 0. The van der Waals surface area contributed by atoms with Gasteiger partial charge in [-0.1, -0.05) is 17.3 Å². The lowest BCUT2D eigenvalue weighted by atomic mass is 10.1. The lowest BCUT2D eigenvalue weighted by Gasteiger charge is -2.04. The van der Waals surface area contributed by atoms with Crippen LogP contribution in [0.5, 0.6) is 5.75 Å². The van der Waals surface area contributed by atoms with Crippen molar-refractivity contribution in [3.05, 3.63) is 41.3 Å². The molecule has 2 N–H and O–H groups in total. The first-order valence-corrected chi connectivity index (χ1v) is 7.36. The number of nitrogens with one attached hydrogen (secondary N) is 2. The van der Waals surface area contributed by atoms with Crippen LogP contribution in [0.25, 0.3) is 11.4 Å². The van der Waals surface area contributed by atoms with Crippen LogP contribution in [0.4, 0.5) is 5.95 Å². The molecule has 0 radical (unpaired) electrons. The van der Waals surface area contributed by atoms with Crippen molar-refractivity contribution in [1.82, 2.24) is 20.3 Å². The molecule has 0 aliphatic carbocycles. The number of rotatable bonds is 5. The zero-order valence-corrected chi connectivity index (χ0v) is 13.6. The molecule has 0 fully saturated rings. The van der Waals surface area contributed by atoms with E-state index in [9.17, 15) is 4.79 Å². The molecule has 3 aromatic rings. The maximum atomic E-state index is 12.2. The predicted molar refractivity (Wildman–Crippen MR) is 86.7 cm³/mol. The number of H-pyrrole nitrogens is 1. The Kier molecular flexibility index (Phi) is 4.28. The second-order valence-electron chi connectivity index (χ2n) is 5.24. The minimum absolute atomic E-state index is 0.152. The Bertz CT molecular complexity index is 849. The first-order valence-electron chi connectivity index (χ1n) is 7.36. The van der Waals surface area contributed by atoms with Gasteiger partial charge in [0.1, 0.15) is 11.5 Å². The maximum absolute atomic E-state index is 12.2. The molecule has 24 heavy (non-hydrogen) atoms. The minimum Gasteiger partial charge on any atom is -0.496 e. The van der Waals surface area contributed by atoms with Gasteiger partial charge in [-0.05, 0) is 26.0 Å². The number of carbonyl (C=O) groups is 1. The maximum Gasteiger partial charge on any atom is 0.249 e. The Labute approximate surface area is 138 Å². The molecule has 0 aliphatic heterocycles. The van der Waals surface area contributed by atoms with Crippen LogP contribution in [0.3, 0.4) is 0 Å². The molecular formula is C16H17N5O3. The van der Waals surface area contributed by atoms with E-state index in [4.69, 9.17) is 9.26 Å². The Morgan fingerprint density at radius 3 is 2.83 bits per heavy atom. The Hall–Kier alpha value is -3.16. The van der Waals surface area contributed by atoms with Gasteiger partial charge < -0.3 is 9.26 Å². The average Bonchev–Trinajstić information content (AvgIpc) is 3.16. The van der Waals surface area contributed by atoms with Crippen molar-refractivity contribution in [3.63, 3.8) is 0 Å². The van der Waals surface area contributed by atoms with Gasteiger partial charge in [0.2, 0.25) is 11.9 Å². The number of para-hydroxylation sites is 1. The molecule has 0 atom stereocenters. The van der Waals surface area contributed by atoms with Crippen molar-refractivity contribution in [2.24, 2.45) is 0 Å². The minimum atomic E-state index is -0.241. The van der Waals surface area contributed by atoms with E-state index in [1.165, 1.54) is 0 Å². The number of aromatic nitrogens is 4. The van der Waals surface area contributed by atoms with Gasteiger partial charge in [0.05, 0.1) is 24.8 Å². The van der Waals surface area contributed by atoms with Crippen molar-refractivity contribution in [2.45, 2.75) is 20.3 Å². The number of aromatic amines is 1. The summed E-state index contributed by atoms with van der Waals surface area (Å²) in [6, 6.07) is 7.42. The fraction of sp³-hybridized carbons (Fsp3) is 0.250. The molecule has 0 aliphatic rings. The summed E-state index contributed by atoms with van der Waals surface area (Å²) in [5.41, 5.74) is 2.24. The van der Waals surface area contributed by atoms with Gasteiger partial charge in [-0.15, -0.1) is 5.10 Å². The molecule has 0 saturated carbocycles. The van der Waals surface area contributed by atoms with Crippen LogP contribution in [-0.4, -0.2) is 33.4 Å². The second kappa shape index (κ2) is 6.53. The molecule has 0 spiro atoms. The Balaban J connectivity index is 1.73. The SMILES string of the molecule is COc1ccccc1-c1nc(NC(=O)Cc2c(C)noc2C)n[nH]1. The summed E-state index contributed by atoms with van der Waals surface area (Å²) in [4.78, 5) is 16.4. The molecule has 8 nitrogen and oxygen atoms in total. The number of hydrogen-bond donors (Lipinski definition) is 2. The molecule has 0 saturated heterocycles. The average molecular weight is 327 g/mol. The third-order valence-corrected chi connectivity index (χ3v) is 3.62. The normalized spacial score (nSPS) is 10.6. The van der Waals surface area contributed by atoms with Crippen LogP contribution in [0.15, 0.2) is 28.8 Å². The Morgan fingerprint density at radius 2 is 2.12 bits per heavy atom. The summed E-state index contributed by atoms with van der Waals surface area (Å²) in [5, 5.41) is 13.3. The molecule has 1 aromatic carbocycles. The van der Waals surface area contributed by atoms with Crippen LogP contribution in [-0.2, 0) is 11.2 Å². The molecule has 3 rings (SSSR count). The zero-order valence-electron chi connectivity index (χ0n) is 13.6. The number of anilines is 1. The summed E-state index contributed by atoms with van der Waals surface area (Å²) in [6.45, 7) is 3.57. The number of benzene rings is 1. The molecule has 1 amide bonds. The van der Waals surface area contributed by atoms with Crippen LogP contribution in [0, 0.1) is 13.8 Å². The van der Waals surface area contributed by atoms with Crippen molar-refractivity contribution in [2.75, 3.05) is 12.4 Å². The third kappa shape index (κ3) is 3.12. The monoisotopic (exact) mass is 327 g/mol. The number of carbonyl (C=O) groups excluding carboxylic acids is 1. The van der Waals surface area contributed by atoms with Gasteiger partial charge in [0.15, 0.2) is 5.82 Å². The predicted octanol–water partition coefficient (Wildman–Crippen LogP) is 2.27. The van der Waals surface area contributed by atoms with E-state index in [0.717, 1.165) is 11.1 Å². The van der Waals surface area contributed by atoms with Crippen LogP contribution in [0.1, 0.15) is 17.0 Å². The summed E-state index contributed by atoms with van der Waals surface area (Å²) in [7, 11) is 1.58. The summed E-state index contributed by atoms with van der Waals surface area (Å²) < 4.78 is 10.3. The topological polar surface area (TPSA) is 106 Å². The number of nitrogens with zero attached hydrogens (tertiary/aromatic N) is 3. The van der Waals surface area contributed by atoms with Crippen molar-refractivity contribution in [1.29, 1.82) is 0 Å². The van der Waals surface area contributed by atoms with E-state index in [1.807, 2.05) is 24.3 Å². The summed E-state index contributed by atoms with van der Waals surface area (Å²) in [6.07, 6.45) is 0.152. The molecular weight excluding hydrogens is 310 g/mol. The first-order chi connectivity index (χ1) is 11.6. The van der Waals surface area contributed by atoms with Gasteiger partial charge in [-0.3, -0.25) is 15.2 Å². The van der Waals surface area contributed by atoms with Gasteiger partial charge in [0, 0.05) is 5.56 Å². The largest absolute Gasteiger partial charge is 0.496 e. The first kappa shape index (κ1) is 15.7. The van der Waals surface area contributed by atoms with Crippen molar-refractivity contribution < 1.29 is 14.1 Å². The third-order valence-electron chi connectivity index (χ3n) is 3.62. The molecule has 124 valence electrons. The number of amides is 1. The van der Waals surface area contributed by atoms with E-state index in [-0.39, 0.29) is 18.3 Å². The van der Waals surface area contributed by atoms with E-state index >= 15 is 0 Å². The van der Waals surface area contributed by atoms with Crippen LogP contribution < -0.4 is 10.1 Å². The molecule has 8 heteroatoms. The van der Waals surface area contributed by atoms with Gasteiger partial charge in [0.25, 0.3) is 0 Å². The van der Waals surface area contributed by atoms with Crippen molar-refractivity contribution in [3.8, 4) is 17.1 Å². The highest BCUT2D eigenvalue weighted by Gasteiger charge is 2.16.